The smallest absolute Gasteiger partial charge is 0.266 e. The second kappa shape index (κ2) is 10.4. The van der Waals surface area contributed by atoms with Gasteiger partial charge < -0.3 is 14.6 Å². The van der Waals surface area contributed by atoms with Crippen molar-refractivity contribution < 1.29 is 36.3 Å². The van der Waals surface area contributed by atoms with E-state index >= 15 is 0 Å². The van der Waals surface area contributed by atoms with Gasteiger partial charge in [0.05, 0.1) is 22.9 Å². The van der Waals surface area contributed by atoms with Crippen LogP contribution in [0, 0.1) is 0 Å². The van der Waals surface area contributed by atoms with E-state index in [4.69, 9.17) is 4.74 Å². The molecule has 3 N–H and O–H groups in total. The van der Waals surface area contributed by atoms with Gasteiger partial charge in [-0.05, 0) is 60.7 Å². The minimum atomic E-state index is -4.36. The topological polar surface area (TPSA) is 171 Å². The van der Waals surface area contributed by atoms with Gasteiger partial charge in [-0.25, -0.2) is 16.8 Å². The Bertz CT molecular complexity index is 1490. The van der Waals surface area contributed by atoms with Gasteiger partial charge in [0.25, 0.3) is 26.0 Å². The summed E-state index contributed by atoms with van der Waals surface area (Å²) in [6.07, 6.45) is 0. The van der Waals surface area contributed by atoms with E-state index in [0.29, 0.717) is 5.75 Å². The Morgan fingerprint density at radius 3 is 2.17 bits per heavy atom. The quantitative estimate of drug-likeness (QED) is 0.316. The number of carbonyl (C=O) groups excluding carboxylic acids is 2. The number of anilines is 1. The van der Waals surface area contributed by atoms with Gasteiger partial charge in [0.1, 0.15) is 5.75 Å². The predicted molar refractivity (Wildman–Crippen MR) is 127 cm³/mol. The number of carbonyl (C=O) groups is 2. The summed E-state index contributed by atoms with van der Waals surface area (Å²) in [5, 5.41) is 11.1. The van der Waals surface area contributed by atoms with Crippen LogP contribution in [-0.2, 0) is 20.0 Å². The average Bonchev–Trinajstić information content (AvgIpc) is 2.83. The lowest BCUT2D eigenvalue weighted by Crippen LogP contribution is -2.41. The normalized spacial score (nSPS) is 11.5. The number of hydrazine groups is 1. The summed E-state index contributed by atoms with van der Waals surface area (Å²) in [4.78, 5) is 24.8. The summed E-state index contributed by atoms with van der Waals surface area (Å²) in [6.45, 7) is 0. The van der Waals surface area contributed by atoms with E-state index in [1.165, 1.54) is 43.5 Å². The van der Waals surface area contributed by atoms with Crippen molar-refractivity contribution in [2.45, 2.75) is 9.79 Å². The Labute approximate surface area is 209 Å². The number of aromatic carboxylic acids is 1. The van der Waals surface area contributed by atoms with Crippen LogP contribution in [-0.4, -0.2) is 35.8 Å². The van der Waals surface area contributed by atoms with E-state index in [-0.39, 0.29) is 20.6 Å². The molecule has 0 spiro atoms. The Morgan fingerprint density at radius 2 is 1.54 bits per heavy atom. The fraction of sp³-hybridized carbons (Fsp3) is 0.0476. The number of nitrogens with one attached hydrogen (secondary N) is 3. The molecule has 35 heavy (non-hydrogen) atoms. The first-order valence-corrected chi connectivity index (χ1v) is 13.3. The predicted octanol–water partition coefficient (Wildman–Crippen LogP) is 1.25. The maximum atomic E-state index is 12.7. The number of carboxylic acid groups (broad SMARTS) is 1. The van der Waals surface area contributed by atoms with E-state index in [9.17, 15) is 31.5 Å². The van der Waals surface area contributed by atoms with Crippen LogP contribution < -0.4 is 24.8 Å². The standard InChI is InChI=1S/C21H18BrN3O8S2/c1-33-15-7-5-14(6-8-15)24-34(29,30)16-4-2-3-13(11-16)20(26)23-25-35(31,32)17-9-10-19(22)18(12-17)21(27)28/h2-12,24-25H,1H3,(H,23,26)(H,27,28)/p-1. The van der Waals surface area contributed by atoms with Crippen LogP contribution in [0.2, 0.25) is 0 Å². The van der Waals surface area contributed by atoms with Crippen molar-refractivity contribution >= 4 is 53.5 Å². The largest absolute Gasteiger partial charge is 0.545 e. The van der Waals surface area contributed by atoms with Crippen molar-refractivity contribution in [1.29, 1.82) is 0 Å². The van der Waals surface area contributed by atoms with Gasteiger partial charge in [-0.1, -0.05) is 22.0 Å². The highest BCUT2D eigenvalue weighted by atomic mass is 79.9. The van der Waals surface area contributed by atoms with E-state index in [0.717, 1.165) is 18.2 Å². The second-order valence-electron chi connectivity index (χ2n) is 6.85. The molecule has 0 bridgehead atoms. The zero-order valence-corrected chi connectivity index (χ0v) is 21.0. The lowest BCUT2D eigenvalue weighted by Gasteiger charge is -2.12. The fourth-order valence-corrected chi connectivity index (χ4v) is 5.13. The molecule has 0 fully saturated rings. The molecule has 1 amide bonds. The lowest BCUT2D eigenvalue weighted by molar-refractivity contribution is -0.255. The molecule has 0 heterocycles. The number of halogens is 1. The van der Waals surface area contributed by atoms with Crippen molar-refractivity contribution in [3.8, 4) is 5.75 Å². The van der Waals surface area contributed by atoms with Crippen LogP contribution in [0.3, 0.4) is 0 Å². The number of ether oxygens (including phenoxy) is 1. The van der Waals surface area contributed by atoms with Gasteiger partial charge in [-0.3, -0.25) is 14.9 Å². The van der Waals surface area contributed by atoms with Crippen LogP contribution in [0.4, 0.5) is 5.69 Å². The van der Waals surface area contributed by atoms with Gasteiger partial charge in [0, 0.05) is 21.3 Å². The van der Waals surface area contributed by atoms with E-state index in [1.54, 1.807) is 12.1 Å². The SMILES string of the molecule is COc1ccc(NS(=O)(=O)c2cccc(C(=O)NNS(=O)(=O)c3ccc(Br)c(C(=O)[O-])c3)c2)cc1. The molecule has 0 aliphatic carbocycles. The number of carboxylic acids is 1. The summed E-state index contributed by atoms with van der Waals surface area (Å²) in [5.41, 5.74) is 1.67. The minimum absolute atomic E-state index is 0.113. The molecular formula is C21H17BrN3O8S2-. The molecule has 0 atom stereocenters. The molecule has 11 nitrogen and oxygen atoms in total. The first-order valence-electron chi connectivity index (χ1n) is 9.53. The molecule has 3 rings (SSSR count). The molecule has 3 aromatic rings. The zero-order chi connectivity index (χ0) is 25.8. The number of hydrogen-bond donors (Lipinski definition) is 3. The summed E-state index contributed by atoms with van der Waals surface area (Å²) in [5.74, 6) is -2.01. The Morgan fingerprint density at radius 1 is 0.886 bits per heavy atom. The van der Waals surface area contributed by atoms with E-state index < -0.39 is 42.4 Å². The van der Waals surface area contributed by atoms with E-state index in [1.807, 2.05) is 10.3 Å². The van der Waals surface area contributed by atoms with Crippen molar-refractivity contribution in [3.63, 3.8) is 0 Å². The molecule has 0 saturated heterocycles. The third-order valence-corrected chi connectivity index (χ3v) is 7.83. The van der Waals surface area contributed by atoms with Gasteiger partial charge in [-0.15, -0.1) is 4.83 Å². The molecule has 0 aromatic heterocycles. The number of methoxy groups -OCH3 is 1. The Hall–Kier alpha value is -3.46. The van der Waals surface area contributed by atoms with Gasteiger partial charge >= 0.3 is 0 Å². The lowest BCUT2D eigenvalue weighted by atomic mass is 10.2. The Balaban J connectivity index is 1.75. The number of hydrogen-bond acceptors (Lipinski definition) is 8. The van der Waals surface area contributed by atoms with Crippen LogP contribution in [0.1, 0.15) is 20.7 Å². The van der Waals surface area contributed by atoms with Crippen molar-refractivity contribution in [3.05, 3.63) is 82.3 Å². The fourth-order valence-electron chi connectivity index (χ4n) is 2.75. The van der Waals surface area contributed by atoms with Gasteiger partial charge in [0.2, 0.25) is 0 Å². The number of benzene rings is 3. The molecule has 0 aliphatic rings. The molecule has 0 aliphatic heterocycles. The highest BCUT2D eigenvalue weighted by Crippen LogP contribution is 2.21. The van der Waals surface area contributed by atoms with Crippen LogP contribution in [0.15, 0.2) is 81.0 Å². The highest BCUT2D eigenvalue weighted by Gasteiger charge is 2.20. The molecule has 14 heteroatoms. The van der Waals surface area contributed by atoms with Crippen molar-refractivity contribution in [2.75, 3.05) is 11.8 Å². The zero-order valence-electron chi connectivity index (χ0n) is 17.8. The van der Waals surface area contributed by atoms with Crippen molar-refractivity contribution in [2.24, 2.45) is 0 Å². The van der Waals surface area contributed by atoms with Crippen LogP contribution in [0.5, 0.6) is 5.75 Å². The molecule has 3 aromatic carbocycles. The summed E-state index contributed by atoms with van der Waals surface area (Å²) in [7, 11) is -6.95. The summed E-state index contributed by atoms with van der Waals surface area (Å²) >= 11 is 2.97. The van der Waals surface area contributed by atoms with E-state index in [2.05, 4.69) is 20.7 Å². The van der Waals surface area contributed by atoms with Gasteiger partial charge in [0.15, 0.2) is 0 Å². The summed E-state index contributed by atoms with van der Waals surface area (Å²) in [6, 6.07) is 14.2. The number of rotatable bonds is 9. The monoisotopic (exact) mass is 582 g/mol. The average molecular weight is 583 g/mol. The highest BCUT2D eigenvalue weighted by molar-refractivity contribution is 9.10. The minimum Gasteiger partial charge on any atom is -0.545 e. The maximum Gasteiger partial charge on any atom is 0.266 e. The maximum absolute atomic E-state index is 12.7. The first kappa shape index (κ1) is 26.2. The molecule has 0 unspecified atom stereocenters. The number of sulfonamides is 2. The second-order valence-corrected chi connectivity index (χ2v) is 11.1. The van der Waals surface area contributed by atoms with Crippen molar-refractivity contribution in [1.82, 2.24) is 10.3 Å². The third kappa shape index (κ3) is 6.36. The first-order chi connectivity index (χ1) is 16.4. The molecule has 184 valence electrons. The Kier molecular flexibility index (Phi) is 7.80. The third-order valence-electron chi connectivity index (χ3n) is 4.52. The van der Waals surface area contributed by atoms with Gasteiger partial charge in [-0.2, -0.15) is 0 Å². The summed E-state index contributed by atoms with van der Waals surface area (Å²) < 4.78 is 57.8. The number of amides is 1. The van der Waals surface area contributed by atoms with Crippen LogP contribution in [0.25, 0.3) is 0 Å². The molecule has 0 radical (unpaired) electrons. The van der Waals surface area contributed by atoms with Crippen LogP contribution >= 0.6 is 15.9 Å². The molecular weight excluding hydrogens is 566 g/mol. The molecule has 0 saturated carbocycles.